The summed E-state index contributed by atoms with van der Waals surface area (Å²) in [5.74, 6) is 1.78. The van der Waals surface area contributed by atoms with E-state index in [0.717, 1.165) is 50.8 Å². The molecule has 0 N–H and O–H groups in total. The van der Waals surface area contributed by atoms with Gasteiger partial charge in [-0.25, -0.2) is 0 Å². The van der Waals surface area contributed by atoms with Crippen molar-refractivity contribution in [1.29, 1.82) is 0 Å². The minimum Gasteiger partial charge on any atom is -0.493 e. The van der Waals surface area contributed by atoms with Gasteiger partial charge in [-0.3, -0.25) is 4.90 Å². The molecule has 4 heteroatoms. The summed E-state index contributed by atoms with van der Waals surface area (Å²) in [5.41, 5.74) is 1.34. The van der Waals surface area contributed by atoms with E-state index >= 15 is 0 Å². The molecule has 0 spiro atoms. The van der Waals surface area contributed by atoms with Crippen molar-refractivity contribution in [2.24, 2.45) is 0 Å². The predicted octanol–water partition coefficient (Wildman–Crippen LogP) is 3.28. The SMILES string of the molecule is COc1ccc(CCCN2CCOCC2)cc1OC1CCCC1. The number of hydrogen-bond donors (Lipinski definition) is 0. The van der Waals surface area contributed by atoms with Gasteiger partial charge in [0, 0.05) is 13.1 Å². The molecule has 0 atom stereocenters. The zero-order valence-corrected chi connectivity index (χ0v) is 14.3. The smallest absolute Gasteiger partial charge is 0.161 e. The Morgan fingerprint density at radius 3 is 2.65 bits per heavy atom. The molecule has 3 rings (SSSR count). The molecule has 2 fully saturated rings. The molecule has 1 aromatic carbocycles. The second-order valence-corrected chi connectivity index (χ2v) is 6.57. The van der Waals surface area contributed by atoms with Gasteiger partial charge in [-0.2, -0.15) is 0 Å². The maximum Gasteiger partial charge on any atom is 0.161 e. The highest BCUT2D eigenvalue weighted by atomic mass is 16.5. The molecule has 1 saturated heterocycles. The normalized spacial score (nSPS) is 19.9. The van der Waals surface area contributed by atoms with Crippen LogP contribution in [-0.2, 0) is 11.2 Å². The van der Waals surface area contributed by atoms with Crippen molar-refractivity contribution in [1.82, 2.24) is 4.90 Å². The first-order valence-corrected chi connectivity index (χ1v) is 8.99. The molecule has 1 aromatic rings. The van der Waals surface area contributed by atoms with E-state index in [1.807, 2.05) is 6.07 Å². The quantitative estimate of drug-likeness (QED) is 0.772. The molecule has 128 valence electrons. The molecule has 1 aliphatic heterocycles. The van der Waals surface area contributed by atoms with E-state index in [0.29, 0.717) is 6.10 Å². The number of benzene rings is 1. The number of aryl methyl sites for hydroxylation is 1. The molecule has 0 bridgehead atoms. The Kier molecular flexibility index (Phi) is 6.17. The number of nitrogens with zero attached hydrogens (tertiary/aromatic N) is 1. The van der Waals surface area contributed by atoms with Crippen LogP contribution in [0.2, 0.25) is 0 Å². The van der Waals surface area contributed by atoms with Crippen molar-refractivity contribution in [3.63, 3.8) is 0 Å². The Hall–Kier alpha value is -1.26. The fourth-order valence-electron chi connectivity index (χ4n) is 3.49. The lowest BCUT2D eigenvalue weighted by molar-refractivity contribution is 0.0374. The fourth-order valence-corrected chi connectivity index (χ4v) is 3.49. The molecule has 0 radical (unpaired) electrons. The van der Waals surface area contributed by atoms with Crippen LogP contribution in [0, 0.1) is 0 Å². The molecule has 4 nitrogen and oxygen atoms in total. The zero-order chi connectivity index (χ0) is 15.9. The minimum atomic E-state index is 0.368. The lowest BCUT2D eigenvalue weighted by Crippen LogP contribution is -2.36. The van der Waals surface area contributed by atoms with Gasteiger partial charge in [-0.1, -0.05) is 6.07 Å². The molecule has 1 saturated carbocycles. The van der Waals surface area contributed by atoms with Crippen LogP contribution in [0.15, 0.2) is 18.2 Å². The van der Waals surface area contributed by atoms with E-state index in [1.165, 1.54) is 37.7 Å². The summed E-state index contributed by atoms with van der Waals surface area (Å²) in [6, 6.07) is 6.39. The van der Waals surface area contributed by atoms with Crippen LogP contribution in [0.4, 0.5) is 0 Å². The van der Waals surface area contributed by atoms with Gasteiger partial charge in [0.25, 0.3) is 0 Å². The van der Waals surface area contributed by atoms with Gasteiger partial charge in [-0.15, -0.1) is 0 Å². The van der Waals surface area contributed by atoms with E-state index in [2.05, 4.69) is 17.0 Å². The van der Waals surface area contributed by atoms with Crippen molar-refractivity contribution in [3.05, 3.63) is 23.8 Å². The largest absolute Gasteiger partial charge is 0.493 e. The highest BCUT2D eigenvalue weighted by molar-refractivity contribution is 5.43. The Morgan fingerprint density at radius 1 is 1.13 bits per heavy atom. The van der Waals surface area contributed by atoms with Gasteiger partial charge < -0.3 is 14.2 Å². The summed E-state index contributed by atoms with van der Waals surface area (Å²) in [5, 5.41) is 0. The second kappa shape index (κ2) is 8.55. The van der Waals surface area contributed by atoms with Gasteiger partial charge in [0.2, 0.25) is 0 Å². The number of methoxy groups -OCH3 is 1. The summed E-state index contributed by atoms with van der Waals surface area (Å²) in [6.07, 6.45) is 7.54. The van der Waals surface area contributed by atoms with Crippen LogP contribution in [0.1, 0.15) is 37.7 Å². The first kappa shape index (κ1) is 16.6. The molecular weight excluding hydrogens is 290 g/mol. The average Bonchev–Trinajstić information content (AvgIpc) is 3.09. The van der Waals surface area contributed by atoms with Crippen molar-refractivity contribution in [2.45, 2.75) is 44.6 Å². The maximum absolute atomic E-state index is 6.18. The average molecular weight is 319 g/mol. The maximum atomic E-state index is 6.18. The highest BCUT2D eigenvalue weighted by Gasteiger charge is 2.18. The van der Waals surface area contributed by atoms with Crippen molar-refractivity contribution in [3.8, 4) is 11.5 Å². The van der Waals surface area contributed by atoms with Gasteiger partial charge in [-0.05, 0) is 62.8 Å². The van der Waals surface area contributed by atoms with Gasteiger partial charge in [0.05, 0.1) is 26.4 Å². The monoisotopic (exact) mass is 319 g/mol. The molecule has 0 aromatic heterocycles. The third kappa shape index (κ3) is 4.85. The van der Waals surface area contributed by atoms with Gasteiger partial charge >= 0.3 is 0 Å². The van der Waals surface area contributed by atoms with E-state index in [-0.39, 0.29) is 0 Å². The Morgan fingerprint density at radius 2 is 1.91 bits per heavy atom. The lowest BCUT2D eigenvalue weighted by atomic mass is 10.1. The highest BCUT2D eigenvalue weighted by Crippen LogP contribution is 2.32. The Bertz CT molecular complexity index is 480. The molecular formula is C19H29NO3. The molecule has 1 heterocycles. The van der Waals surface area contributed by atoms with Crippen molar-refractivity contribution >= 4 is 0 Å². The summed E-state index contributed by atoms with van der Waals surface area (Å²) in [4.78, 5) is 2.49. The van der Waals surface area contributed by atoms with Crippen molar-refractivity contribution < 1.29 is 14.2 Å². The Labute approximate surface area is 139 Å². The summed E-state index contributed by atoms with van der Waals surface area (Å²) >= 11 is 0. The van der Waals surface area contributed by atoms with E-state index in [4.69, 9.17) is 14.2 Å². The van der Waals surface area contributed by atoms with Crippen LogP contribution in [-0.4, -0.2) is 51.0 Å². The van der Waals surface area contributed by atoms with Crippen LogP contribution >= 0.6 is 0 Å². The van der Waals surface area contributed by atoms with E-state index < -0.39 is 0 Å². The molecule has 1 aliphatic carbocycles. The lowest BCUT2D eigenvalue weighted by Gasteiger charge is -2.26. The topological polar surface area (TPSA) is 30.9 Å². The van der Waals surface area contributed by atoms with Gasteiger partial charge in [0.1, 0.15) is 0 Å². The van der Waals surface area contributed by atoms with Crippen molar-refractivity contribution in [2.75, 3.05) is 40.0 Å². The van der Waals surface area contributed by atoms with Crippen LogP contribution < -0.4 is 9.47 Å². The standard InChI is InChI=1S/C19H29NO3/c1-21-18-9-8-16(5-4-10-20-11-13-22-14-12-20)15-19(18)23-17-6-2-3-7-17/h8-9,15,17H,2-7,10-14H2,1H3. The molecule has 0 unspecified atom stereocenters. The number of hydrogen-bond acceptors (Lipinski definition) is 4. The van der Waals surface area contributed by atoms with Crippen LogP contribution in [0.25, 0.3) is 0 Å². The third-order valence-corrected chi connectivity index (χ3v) is 4.87. The molecule has 2 aliphatic rings. The summed E-state index contributed by atoms with van der Waals surface area (Å²) in [6.45, 7) is 5.04. The molecule has 23 heavy (non-hydrogen) atoms. The minimum absolute atomic E-state index is 0.368. The predicted molar refractivity (Wildman–Crippen MR) is 91.5 cm³/mol. The third-order valence-electron chi connectivity index (χ3n) is 4.87. The summed E-state index contributed by atoms with van der Waals surface area (Å²) in [7, 11) is 1.72. The first-order valence-electron chi connectivity index (χ1n) is 8.99. The van der Waals surface area contributed by atoms with E-state index in [1.54, 1.807) is 7.11 Å². The molecule has 0 amide bonds. The number of morpholine rings is 1. The Balaban J connectivity index is 1.53. The van der Waals surface area contributed by atoms with Gasteiger partial charge in [0.15, 0.2) is 11.5 Å². The second-order valence-electron chi connectivity index (χ2n) is 6.57. The fraction of sp³-hybridized carbons (Fsp3) is 0.684. The van der Waals surface area contributed by atoms with Crippen LogP contribution in [0.3, 0.4) is 0 Å². The number of rotatable bonds is 7. The zero-order valence-electron chi connectivity index (χ0n) is 14.3. The van der Waals surface area contributed by atoms with Crippen LogP contribution in [0.5, 0.6) is 11.5 Å². The number of ether oxygens (including phenoxy) is 3. The summed E-state index contributed by atoms with van der Waals surface area (Å²) < 4.78 is 17.0. The van der Waals surface area contributed by atoms with E-state index in [9.17, 15) is 0 Å². The first-order chi connectivity index (χ1) is 11.3.